The summed E-state index contributed by atoms with van der Waals surface area (Å²) >= 11 is 0. The number of allylic oxidation sites excluding steroid dienone is 2. The van der Waals surface area contributed by atoms with Crippen molar-refractivity contribution in [3.8, 4) is 0 Å². The third-order valence-corrected chi connectivity index (χ3v) is 16.5. The van der Waals surface area contributed by atoms with Gasteiger partial charge in [0.1, 0.15) is 42.7 Å². The molecule has 0 aromatic heterocycles. The molecule has 0 aromatic carbocycles. The average Bonchev–Trinajstić information content (AvgIpc) is 3.49. The van der Waals surface area contributed by atoms with Crippen molar-refractivity contribution >= 4 is 0 Å². The largest absolute Gasteiger partial charge is 0.394 e. The summed E-state index contributed by atoms with van der Waals surface area (Å²) in [5.41, 5.74) is -1.71. The van der Waals surface area contributed by atoms with Gasteiger partial charge in [-0.15, -0.1) is 0 Å². The Morgan fingerprint density at radius 1 is 0.818 bits per heavy atom. The standard InChI is InChI=1S/C42H72O13/c1-20(2)11-10-14-42(9,51)22-12-16-40(7)28(22)23(44)17-26-39(6)15-13-27(45)38(4,5)35(39)24(18-41(26,40)8)53-37-34(32(49)30(47)25(19-43)54-37)55-36-33(50)31(48)29(46)21(3)52-36/h11,21-37,43-51H,10,12-19H2,1-9H3/t21-,22+,23+,24-,25+,26?,27-,28-,29-,30+,31+,32-,33+,34+,35?,36-,37+,39+,40+,41+,42-/m1/s1. The molecule has 0 aromatic rings. The van der Waals surface area contributed by atoms with E-state index in [9.17, 15) is 46.0 Å². The Kier molecular flexibility index (Phi) is 12.2. The lowest BCUT2D eigenvalue weighted by Gasteiger charge is -2.72. The summed E-state index contributed by atoms with van der Waals surface area (Å²) in [4.78, 5) is 0. The first-order valence-corrected chi connectivity index (χ1v) is 20.8. The molecular weight excluding hydrogens is 712 g/mol. The molecule has 21 atom stereocenters. The fourth-order valence-corrected chi connectivity index (χ4v) is 13.3. The smallest absolute Gasteiger partial charge is 0.187 e. The van der Waals surface area contributed by atoms with Crippen LogP contribution in [0.2, 0.25) is 0 Å². The van der Waals surface area contributed by atoms with E-state index in [-0.39, 0.29) is 23.7 Å². The summed E-state index contributed by atoms with van der Waals surface area (Å²) in [6.07, 6.45) is -8.99. The molecule has 4 aliphatic carbocycles. The zero-order valence-corrected chi connectivity index (χ0v) is 34.4. The molecule has 0 radical (unpaired) electrons. The summed E-state index contributed by atoms with van der Waals surface area (Å²) in [6, 6.07) is 0. The van der Waals surface area contributed by atoms with E-state index in [1.807, 2.05) is 20.8 Å². The van der Waals surface area contributed by atoms with Gasteiger partial charge in [-0.3, -0.25) is 0 Å². The molecule has 318 valence electrons. The van der Waals surface area contributed by atoms with E-state index in [0.29, 0.717) is 32.1 Å². The van der Waals surface area contributed by atoms with Crippen LogP contribution in [0.4, 0.5) is 0 Å². The lowest BCUT2D eigenvalue weighted by molar-refractivity contribution is -0.382. The second-order valence-electron chi connectivity index (χ2n) is 20.3. The van der Waals surface area contributed by atoms with Gasteiger partial charge < -0.3 is 64.9 Å². The molecule has 2 saturated heterocycles. The Hall–Kier alpha value is -0.780. The summed E-state index contributed by atoms with van der Waals surface area (Å²) < 4.78 is 25.1. The first-order chi connectivity index (χ1) is 25.5. The first-order valence-electron chi connectivity index (χ1n) is 20.8. The average molecular weight is 785 g/mol. The molecular formula is C42H72O13. The molecule has 2 heterocycles. The highest BCUT2D eigenvalue weighted by atomic mass is 16.8. The van der Waals surface area contributed by atoms with Gasteiger partial charge in [-0.1, -0.05) is 46.3 Å². The van der Waals surface area contributed by atoms with Crippen molar-refractivity contribution in [1.82, 2.24) is 0 Å². The van der Waals surface area contributed by atoms with E-state index in [1.165, 1.54) is 12.5 Å². The van der Waals surface area contributed by atoms with Crippen LogP contribution in [0, 0.1) is 45.3 Å². The quantitative estimate of drug-likeness (QED) is 0.121. The number of aliphatic hydroxyl groups is 9. The maximum Gasteiger partial charge on any atom is 0.187 e. The number of fused-ring (bicyclic) bond motifs is 5. The number of rotatable bonds is 9. The number of ether oxygens (including phenoxy) is 4. The van der Waals surface area contributed by atoms with Crippen LogP contribution in [0.25, 0.3) is 0 Å². The van der Waals surface area contributed by atoms with Crippen LogP contribution in [-0.4, -0.2) is 138 Å². The van der Waals surface area contributed by atoms with Crippen LogP contribution < -0.4 is 0 Å². The monoisotopic (exact) mass is 784 g/mol. The highest BCUT2D eigenvalue weighted by Gasteiger charge is 2.73. The minimum atomic E-state index is -1.70. The van der Waals surface area contributed by atoms with E-state index in [4.69, 9.17) is 18.9 Å². The van der Waals surface area contributed by atoms with Gasteiger partial charge in [-0.25, -0.2) is 0 Å². The zero-order chi connectivity index (χ0) is 40.8. The third kappa shape index (κ3) is 7.10. The molecule has 9 N–H and O–H groups in total. The van der Waals surface area contributed by atoms with Gasteiger partial charge in [0.25, 0.3) is 0 Å². The van der Waals surface area contributed by atoms with Crippen molar-refractivity contribution in [2.75, 3.05) is 6.61 Å². The predicted molar refractivity (Wildman–Crippen MR) is 201 cm³/mol. The molecule has 13 nitrogen and oxygen atoms in total. The van der Waals surface area contributed by atoms with E-state index in [0.717, 1.165) is 19.3 Å². The topological polar surface area (TPSA) is 219 Å². The van der Waals surface area contributed by atoms with Crippen LogP contribution in [0.3, 0.4) is 0 Å². The molecule has 6 aliphatic rings. The Balaban J connectivity index is 1.38. The molecule has 2 aliphatic heterocycles. The Morgan fingerprint density at radius 3 is 2.13 bits per heavy atom. The Morgan fingerprint density at radius 2 is 1.49 bits per heavy atom. The number of hydrogen-bond donors (Lipinski definition) is 9. The molecule has 2 unspecified atom stereocenters. The van der Waals surface area contributed by atoms with Crippen LogP contribution in [0.5, 0.6) is 0 Å². The van der Waals surface area contributed by atoms with Gasteiger partial charge >= 0.3 is 0 Å². The number of hydrogen-bond acceptors (Lipinski definition) is 13. The summed E-state index contributed by atoms with van der Waals surface area (Å²) in [5.74, 6) is -0.526. The second-order valence-corrected chi connectivity index (χ2v) is 20.3. The zero-order valence-electron chi connectivity index (χ0n) is 34.4. The van der Waals surface area contributed by atoms with Crippen LogP contribution in [-0.2, 0) is 18.9 Å². The van der Waals surface area contributed by atoms with Crippen molar-refractivity contribution in [2.24, 2.45) is 45.3 Å². The maximum atomic E-state index is 12.3. The minimum Gasteiger partial charge on any atom is -0.394 e. The summed E-state index contributed by atoms with van der Waals surface area (Å²) in [6.45, 7) is 17.8. The molecule has 0 amide bonds. The van der Waals surface area contributed by atoms with Crippen LogP contribution in [0.1, 0.15) is 114 Å². The van der Waals surface area contributed by atoms with Gasteiger partial charge in [0.05, 0.1) is 36.6 Å². The van der Waals surface area contributed by atoms with Gasteiger partial charge in [0.2, 0.25) is 0 Å². The third-order valence-electron chi connectivity index (χ3n) is 16.5. The summed E-state index contributed by atoms with van der Waals surface area (Å²) in [5, 5.41) is 100. The highest BCUT2D eigenvalue weighted by Crippen LogP contribution is 2.76. The lowest BCUT2D eigenvalue weighted by Crippen LogP contribution is -2.71. The van der Waals surface area contributed by atoms with E-state index in [2.05, 4.69) is 40.7 Å². The minimum absolute atomic E-state index is 0.0411. The van der Waals surface area contributed by atoms with Crippen molar-refractivity contribution in [2.45, 2.75) is 199 Å². The van der Waals surface area contributed by atoms with E-state index in [1.54, 1.807) is 0 Å². The molecule has 6 fully saturated rings. The first kappa shape index (κ1) is 43.8. The van der Waals surface area contributed by atoms with E-state index >= 15 is 0 Å². The fraction of sp³-hybridized carbons (Fsp3) is 0.952. The second kappa shape index (κ2) is 15.4. The van der Waals surface area contributed by atoms with Gasteiger partial charge in [-0.2, -0.15) is 0 Å². The van der Waals surface area contributed by atoms with Gasteiger partial charge in [0.15, 0.2) is 12.6 Å². The predicted octanol–water partition coefficient (Wildman–Crippen LogP) is 2.15. The van der Waals surface area contributed by atoms with Crippen LogP contribution >= 0.6 is 0 Å². The Bertz CT molecular complexity index is 1390. The highest BCUT2D eigenvalue weighted by molar-refractivity contribution is 5.22. The molecule has 55 heavy (non-hydrogen) atoms. The van der Waals surface area contributed by atoms with E-state index < -0.39 is 114 Å². The molecule has 0 bridgehead atoms. The van der Waals surface area contributed by atoms with Gasteiger partial charge in [-0.05, 0) is 124 Å². The molecule has 0 spiro atoms. The van der Waals surface area contributed by atoms with Gasteiger partial charge in [0, 0.05) is 0 Å². The van der Waals surface area contributed by atoms with Crippen molar-refractivity contribution in [1.29, 1.82) is 0 Å². The normalized spacial score (nSPS) is 53.4. The molecule has 6 rings (SSSR count). The lowest BCUT2D eigenvalue weighted by atomic mass is 9.34. The fourth-order valence-electron chi connectivity index (χ4n) is 13.3. The van der Waals surface area contributed by atoms with Crippen molar-refractivity contribution in [3.05, 3.63) is 11.6 Å². The molecule has 13 heteroatoms. The Labute approximate surface area is 327 Å². The number of aliphatic hydroxyl groups excluding tert-OH is 8. The SMILES string of the molecule is CC(C)=CCC[C@@](C)(O)[C@H]1CC[C@@]2(C)[C@H]1[C@@H](O)CC1[C@]3(C)CC[C@@H](O)C(C)(C)C3[C@H](O[C@H]3O[C@@H](CO)[C@H](O)[C@@H](O)[C@@H]3O[C@H]3O[C@H](C)[C@@H](O)[C@H](O)[C@@H]3O)C[C@@]12C. The maximum absolute atomic E-state index is 12.3. The van der Waals surface area contributed by atoms with Crippen molar-refractivity contribution in [3.63, 3.8) is 0 Å². The summed E-state index contributed by atoms with van der Waals surface area (Å²) in [7, 11) is 0. The van der Waals surface area contributed by atoms with Crippen LogP contribution in [0.15, 0.2) is 11.6 Å². The molecule has 4 saturated carbocycles. The van der Waals surface area contributed by atoms with Crippen molar-refractivity contribution < 1.29 is 64.9 Å².